The van der Waals surface area contributed by atoms with Crippen molar-refractivity contribution in [2.45, 2.75) is 25.8 Å². The molecule has 0 aliphatic heterocycles. The number of nitrogens with one attached hydrogen (secondary N) is 1. The summed E-state index contributed by atoms with van der Waals surface area (Å²) in [5, 5.41) is 13.5. The highest BCUT2D eigenvalue weighted by Gasteiger charge is 2.14. The van der Waals surface area contributed by atoms with Crippen LogP contribution in [-0.2, 0) is 0 Å². The van der Waals surface area contributed by atoms with Gasteiger partial charge in [0.25, 0.3) is 5.91 Å². The maximum absolute atomic E-state index is 12.1. The van der Waals surface area contributed by atoms with Crippen molar-refractivity contribution in [3.05, 3.63) is 21.9 Å². The van der Waals surface area contributed by atoms with Crippen LogP contribution in [0.15, 0.2) is 11.4 Å². The predicted octanol–water partition coefficient (Wildman–Crippen LogP) is 2.35. The van der Waals surface area contributed by atoms with Gasteiger partial charge in [-0.2, -0.15) is 11.8 Å². The van der Waals surface area contributed by atoms with Crippen LogP contribution in [0.2, 0.25) is 0 Å². The molecule has 1 atom stereocenters. The number of aliphatic hydroxyl groups is 1. The molecule has 0 bridgehead atoms. The molecule has 0 saturated heterocycles. The number of carbonyl (C=O) groups is 1. The van der Waals surface area contributed by atoms with Gasteiger partial charge in [-0.25, -0.2) is 0 Å². The Balaban J connectivity index is 2.63. The van der Waals surface area contributed by atoms with Crippen LogP contribution < -0.4 is 5.32 Å². The Morgan fingerprint density at radius 2 is 2.42 bits per heavy atom. The molecule has 0 aliphatic carbocycles. The lowest BCUT2D eigenvalue weighted by Gasteiger charge is -2.12. The topological polar surface area (TPSA) is 49.3 Å². The molecule has 2 N–H and O–H groups in total. The summed E-state index contributed by atoms with van der Waals surface area (Å²) in [5.41, 5.74) is 0.744. The number of amides is 1. The van der Waals surface area contributed by atoms with Gasteiger partial charge in [0, 0.05) is 18.0 Å². The van der Waals surface area contributed by atoms with Crippen molar-refractivity contribution in [1.82, 2.24) is 5.32 Å². The van der Waals surface area contributed by atoms with Crippen molar-refractivity contribution in [3.8, 4) is 11.8 Å². The maximum Gasteiger partial charge on any atom is 0.262 e. The molecule has 1 aromatic heterocycles. The number of thiophene rings is 1. The van der Waals surface area contributed by atoms with Gasteiger partial charge in [-0.05, 0) is 36.8 Å². The zero-order valence-corrected chi connectivity index (χ0v) is 12.9. The first kappa shape index (κ1) is 16.1. The first-order valence-electron chi connectivity index (χ1n) is 6.16. The number of hydrogen-bond acceptors (Lipinski definition) is 4. The van der Waals surface area contributed by atoms with Gasteiger partial charge in [-0.3, -0.25) is 4.79 Å². The van der Waals surface area contributed by atoms with E-state index in [2.05, 4.69) is 23.4 Å². The van der Waals surface area contributed by atoms with Crippen molar-refractivity contribution in [3.63, 3.8) is 0 Å². The monoisotopic (exact) mass is 297 g/mol. The van der Waals surface area contributed by atoms with E-state index in [-0.39, 0.29) is 18.6 Å². The Morgan fingerprint density at radius 3 is 3.11 bits per heavy atom. The molecule has 0 aromatic carbocycles. The quantitative estimate of drug-likeness (QED) is 0.793. The average Bonchev–Trinajstić information content (AvgIpc) is 2.85. The van der Waals surface area contributed by atoms with E-state index in [1.54, 1.807) is 11.8 Å². The lowest BCUT2D eigenvalue weighted by atomic mass is 10.2. The zero-order valence-electron chi connectivity index (χ0n) is 11.2. The van der Waals surface area contributed by atoms with Crippen molar-refractivity contribution in [2.24, 2.45) is 0 Å². The summed E-state index contributed by atoms with van der Waals surface area (Å²) in [7, 11) is 0. The number of hydrogen-bond donors (Lipinski definition) is 2. The van der Waals surface area contributed by atoms with Gasteiger partial charge in [0.1, 0.15) is 4.88 Å². The fraction of sp³-hybridized carbons (Fsp3) is 0.500. The Kier molecular flexibility index (Phi) is 7.65. The van der Waals surface area contributed by atoms with Crippen LogP contribution in [0.3, 0.4) is 0 Å². The highest BCUT2D eigenvalue weighted by molar-refractivity contribution is 7.98. The molecular weight excluding hydrogens is 278 g/mol. The first-order valence-corrected chi connectivity index (χ1v) is 8.43. The van der Waals surface area contributed by atoms with Gasteiger partial charge in [0.15, 0.2) is 0 Å². The lowest BCUT2D eigenvalue weighted by Crippen LogP contribution is -2.32. The van der Waals surface area contributed by atoms with Crippen LogP contribution in [0, 0.1) is 11.8 Å². The number of aliphatic hydroxyl groups excluding tert-OH is 1. The van der Waals surface area contributed by atoms with Crippen LogP contribution in [0.1, 0.15) is 35.0 Å². The van der Waals surface area contributed by atoms with E-state index >= 15 is 0 Å². The second-order valence-corrected chi connectivity index (χ2v) is 6.00. The summed E-state index contributed by atoms with van der Waals surface area (Å²) in [6.07, 6.45) is 3.45. The number of thioether (sulfide) groups is 1. The molecule has 0 aliphatic rings. The molecule has 19 heavy (non-hydrogen) atoms. The molecule has 1 unspecified atom stereocenters. The second-order valence-electron chi connectivity index (χ2n) is 4.09. The molecule has 0 spiro atoms. The van der Waals surface area contributed by atoms with Gasteiger partial charge in [0.05, 0.1) is 6.61 Å². The highest BCUT2D eigenvalue weighted by atomic mass is 32.2. The Labute approximate surface area is 122 Å². The van der Waals surface area contributed by atoms with E-state index in [1.165, 1.54) is 11.3 Å². The highest BCUT2D eigenvalue weighted by Crippen LogP contribution is 2.16. The van der Waals surface area contributed by atoms with E-state index in [0.29, 0.717) is 11.3 Å². The van der Waals surface area contributed by atoms with E-state index in [9.17, 15) is 4.79 Å². The van der Waals surface area contributed by atoms with Gasteiger partial charge in [0.2, 0.25) is 0 Å². The van der Waals surface area contributed by atoms with Crippen LogP contribution in [0.25, 0.3) is 0 Å². The molecule has 0 fully saturated rings. The third-order valence-corrected chi connectivity index (χ3v) is 4.02. The Morgan fingerprint density at radius 1 is 1.63 bits per heavy atom. The fourth-order valence-corrected chi connectivity index (χ4v) is 2.79. The summed E-state index contributed by atoms with van der Waals surface area (Å²) >= 11 is 3.18. The summed E-state index contributed by atoms with van der Waals surface area (Å²) in [5.74, 6) is 6.75. The fourth-order valence-electron chi connectivity index (χ4n) is 1.45. The molecule has 104 valence electrons. The maximum atomic E-state index is 12.1. The molecule has 1 heterocycles. The first-order chi connectivity index (χ1) is 9.19. The predicted molar refractivity (Wildman–Crippen MR) is 82.8 cm³/mol. The number of rotatable bonds is 6. The molecule has 0 saturated carbocycles. The molecule has 3 nitrogen and oxygen atoms in total. The van der Waals surface area contributed by atoms with Gasteiger partial charge in [-0.15, -0.1) is 11.3 Å². The van der Waals surface area contributed by atoms with E-state index in [0.717, 1.165) is 17.7 Å². The summed E-state index contributed by atoms with van der Waals surface area (Å²) in [4.78, 5) is 12.8. The molecule has 0 radical (unpaired) electrons. The van der Waals surface area contributed by atoms with Gasteiger partial charge in [-0.1, -0.05) is 11.8 Å². The summed E-state index contributed by atoms with van der Waals surface area (Å²) in [6, 6.07) is 2.01. The molecule has 5 heteroatoms. The van der Waals surface area contributed by atoms with Crippen molar-refractivity contribution in [2.75, 3.05) is 18.6 Å². The van der Waals surface area contributed by atoms with Crippen LogP contribution in [0.5, 0.6) is 0 Å². The lowest BCUT2D eigenvalue weighted by molar-refractivity contribution is 0.0943. The van der Waals surface area contributed by atoms with Crippen LogP contribution in [-0.4, -0.2) is 35.7 Å². The molecule has 1 amide bonds. The largest absolute Gasteiger partial charge is 0.395 e. The minimum Gasteiger partial charge on any atom is -0.395 e. The molecule has 1 aromatic rings. The zero-order chi connectivity index (χ0) is 14.1. The van der Waals surface area contributed by atoms with Crippen molar-refractivity contribution < 1.29 is 9.90 Å². The smallest absolute Gasteiger partial charge is 0.262 e. The molecular formula is C14H19NO2S2. The summed E-state index contributed by atoms with van der Waals surface area (Å²) in [6.45, 7) is 2.06. The van der Waals surface area contributed by atoms with E-state index in [1.807, 2.05) is 18.4 Å². The van der Waals surface area contributed by atoms with E-state index in [4.69, 9.17) is 5.11 Å². The SMILES string of the molecule is CSCCC(C)NC(=O)c1sccc1C#CCCO. The van der Waals surface area contributed by atoms with E-state index < -0.39 is 0 Å². The Bertz CT molecular complexity index is 460. The van der Waals surface area contributed by atoms with Gasteiger partial charge >= 0.3 is 0 Å². The van der Waals surface area contributed by atoms with Crippen LogP contribution >= 0.6 is 23.1 Å². The molecule has 1 rings (SSSR count). The average molecular weight is 297 g/mol. The van der Waals surface area contributed by atoms with Crippen LogP contribution in [0.4, 0.5) is 0 Å². The third-order valence-electron chi connectivity index (χ3n) is 2.46. The minimum absolute atomic E-state index is 0.0460. The minimum atomic E-state index is -0.0584. The van der Waals surface area contributed by atoms with Gasteiger partial charge < -0.3 is 10.4 Å². The second kappa shape index (κ2) is 9.03. The summed E-state index contributed by atoms with van der Waals surface area (Å²) < 4.78 is 0. The Hall–Kier alpha value is -0.960. The third kappa shape index (κ3) is 5.68. The number of carbonyl (C=O) groups excluding carboxylic acids is 1. The van der Waals surface area contributed by atoms with Crippen molar-refractivity contribution >= 4 is 29.0 Å². The normalized spacial score (nSPS) is 11.5. The standard InChI is InChI=1S/C14H19NO2S2/c1-11(6-9-18-2)15-14(17)13-12(7-10-19-13)5-3-4-8-16/h7,10-11,16H,4,6,8-9H2,1-2H3,(H,15,17). The van der Waals surface area contributed by atoms with Crippen molar-refractivity contribution in [1.29, 1.82) is 0 Å².